The molecule has 80 valence electrons. The molecule has 0 aliphatic rings. The number of aryl methyl sites for hydroxylation is 1. The van der Waals surface area contributed by atoms with Gasteiger partial charge in [-0.2, -0.15) is 0 Å². The number of aromatic nitrogens is 2. The van der Waals surface area contributed by atoms with E-state index in [9.17, 15) is 4.79 Å². The van der Waals surface area contributed by atoms with Crippen LogP contribution in [0.4, 0.5) is 0 Å². The smallest absolute Gasteiger partial charge is 0.248 e. The Kier molecular flexibility index (Phi) is 2.64. The number of carbonyl (C=O) groups excluding carboxylic acids is 1. The number of nitrogens with zero attached hydrogens (tertiary/aromatic N) is 2. The van der Waals surface area contributed by atoms with Gasteiger partial charge in [0, 0.05) is 23.5 Å². The number of hydrogen-bond acceptors (Lipinski definition) is 3. The van der Waals surface area contributed by atoms with E-state index in [-0.39, 0.29) is 0 Å². The lowest BCUT2D eigenvalue weighted by Crippen LogP contribution is -2.10. The minimum atomic E-state index is -0.434. The van der Waals surface area contributed by atoms with Crippen LogP contribution < -0.4 is 5.73 Å². The Hall–Kier alpha value is -2.23. The molecule has 0 radical (unpaired) electrons. The molecule has 2 N–H and O–H groups in total. The molecule has 4 nitrogen and oxygen atoms in total. The van der Waals surface area contributed by atoms with Crippen molar-refractivity contribution >= 4 is 5.91 Å². The van der Waals surface area contributed by atoms with E-state index >= 15 is 0 Å². The number of nitrogens with two attached hydrogens (primary N) is 1. The van der Waals surface area contributed by atoms with Gasteiger partial charge < -0.3 is 5.73 Å². The summed E-state index contributed by atoms with van der Waals surface area (Å²) in [6.07, 6.45) is 3.51. The van der Waals surface area contributed by atoms with E-state index in [1.807, 2.05) is 6.92 Å². The fourth-order valence-electron chi connectivity index (χ4n) is 1.33. The van der Waals surface area contributed by atoms with Crippen molar-refractivity contribution in [3.63, 3.8) is 0 Å². The Balaban J connectivity index is 2.34. The SMILES string of the molecule is Cc1cnc(-c2ccc(C(N)=O)cc2)nc1. The van der Waals surface area contributed by atoms with Crippen molar-refractivity contribution in [2.24, 2.45) is 5.73 Å². The largest absolute Gasteiger partial charge is 0.366 e. The molecule has 1 heterocycles. The van der Waals surface area contributed by atoms with Gasteiger partial charge >= 0.3 is 0 Å². The molecule has 1 aromatic heterocycles. The molecule has 0 bridgehead atoms. The Morgan fingerprint density at radius 1 is 1.12 bits per heavy atom. The summed E-state index contributed by atoms with van der Waals surface area (Å²) in [4.78, 5) is 19.3. The molecule has 16 heavy (non-hydrogen) atoms. The zero-order valence-corrected chi connectivity index (χ0v) is 8.84. The number of rotatable bonds is 2. The Morgan fingerprint density at radius 3 is 2.19 bits per heavy atom. The predicted molar refractivity (Wildman–Crippen MR) is 60.7 cm³/mol. The first-order valence-electron chi connectivity index (χ1n) is 4.86. The summed E-state index contributed by atoms with van der Waals surface area (Å²) in [5.41, 5.74) is 7.51. The second kappa shape index (κ2) is 4.10. The number of benzene rings is 1. The zero-order chi connectivity index (χ0) is 11.5. The average Bonchev–Trinajstić information content (AvgIpc) is 2.30. The Morgan fingerprint density at radius 2 is 1.69 bits per heavy atom. The van der Waals surface area contributed by atoms with Gasteiger partial charge in [-0.05, 0) is 24.6 Å². The molecule has 0 unspecified atom stereocenters. The first-order chi connectivity index (χ1) is 7.66. The third-order valence-electron chi connectivity index (χ3n) is 2.21. The van der Waals surface area contributed by atoms with E-state index in [4.69, 9.17) is 5.73 Å². The van der Waals surface area contributed by atoms with E-state index in [1.54, 1.807) is 36.7 Å². The third kappa shape index (κ3) is 2.06. The second-order valence-electron chi connectivity index (χ2n) is 3.53. The van der Waals surface area contributed by atoms with Gasteiger partial charge in [0.1, 0.15) is 0 Å². The van der Waals surface area contributed by atoms with Crippen LogP contribution in [-0.2, 0) is 0 Å². The van der Waals surface area contributed by atoms with Gasteiger partial charge in [-0.3, -0.25) is 4.79 Å². The number of carbonyl (C=O) groups is 1. The van der Waals surface area contributed by atoms with Crippen molar-refractivity contribution in [3.8, 4) is 11.4 Å². The number of amides is 1. The first-order valence-corrected chi connectivity index (χ1v) is 4.86. The topological polar surface area (TPSA) is 68.9 Å². The Labute approximate surface area is 93.2 Å². The summed E-state index contributed by atoms with van der Waals surface area (Å²) in [6.45, 7) is 1.93. The third-order valence-corrected chi connectivity index (χ3v) is 2.21. The minimum Gasteiger partial charge on any atom is -0.366 e. The maximum atomic E-state index is 10.9. The standard InChI is InChI=1S/C12H11N3O/c1-8-6-14-12(15-7-8)10-4-2-9(3-5-10)11(13)16/h2-7H,1H3,(H2,13,16). The molecule has 0 spiro atoms. The summed E-state index contributed by atoms with van der Waals surface area (Å²) < 4.78 is 0. The van der Waals surface area contributed by atoms with Crippen LogP contribution >= 0.6 is 0 Å². The fraction of sp³-hybridized carbons (Fsp3) is 0.0833. The van der Waals surface area contributed by atoms with Crippen molar-refractivity contribution < 1.29 is 4.79 Å². The van der Waals surface area contributed by atoms with Crippen LogP contribution in [0.1, 0.15) is 15.9 Å². The predicted octanol–water partition coefficient (Wildman–Crippen LogP) is 1.55. The second-order valence-corrected chi connectivity index (χ2v) is 3.53. The van der Waals surface area contributed by atoms with E-state index < -0.39 is 5.91 Å². The lowest BCUT2D eigenvalue weighted by molar-refractivity contribution is 0.100. The molecule has 2 aromatic rings. The number of primary amides is 1. The van der Waals surface area contributed by atoms with E-state index in [0.29, 0.717) is 11.4 Å². The molecule has 0 aliphatic heterocycles. The number of hydrogen-bond donors (Lipinski definition) is 1. The van der Waals surface area contributed by atoms with Crippen molar-refractivity contribution in [2.75, 3.05) is 0 Å². The highest BCUT2D eigenvalue weighted by Crippen LogP contribution is 2.14. The van der Waals surface area contributed by atoms with E-state index in [2.05, 4.69) is 9.97 Å². The quantitative estimate of drug-likeness (QED) is 0.822. The summed E-state index contributed by atoms with van der Waals surface area (Å²) in [6, 6.07) is 6.90. The molecular formula is C12H11N3O. The van der Waals surface area contributed by atoms with Crippen LogP contribution in [-0.4, -0.2) is 15.9 Å². The molecule has 1 aromatic carbocycles. The summed E-state index contributed by atoms with van der Waals surface area (Å²) in [5, 5.41) is 0. The van der Waals surface area contributed by atoms with Crippen LogP contribution in [0.15, 0.2) is 36.7 Å². The molecule has 0 saturated carbocycles. The Bertz CT molecular complexity index is 503. The van der Waals surface area contributed by atoms with Crippen molar-refractivity contribution in [2.45, 2.75) is 6.92 Å². The normalized spacial score (nSPS) is 10.1. The van der Waals surface area contributed by atoms with Gasteiger partial charge in [0.15, 0.2) is 5.82 Å². The van der Waals surface area contributed by atoms with Gasteiger partial charge in [-0.15, -0.1) is 0 Å². The summed E-state index contributed by atoms with van der Waals surface area (Å²) in [7, 11) is 0. The monoisotopic (exact) mass is 213 g/mol. The molecule has 0 atom stereocenters. The lowest BCUT2D eigenvalue weighted by Gasteiger charge is -2.01. The minimum absolute atomic E-state index is 0.434. The van der Waals surface area contributed by atoms with Crippen LogP contribution in [0.2, 0.25) is 0 Å². The van der Waals surface area contributed by atoms with Gasteiger partial charge in [0.25, 0.3) is 0 Å². The van der Waals surface area contributed by atoms with Crippen molar-refractivity contribution in [1.29, 1.82) is 0 Å². The van der Waals surface area contributed by atoms with Gasteiger partial charge in [-0.25, -0.2) is 9.97 Å². The van der Waals surface area contributed by atoms with Gasteiger partial charge in [0.05, 0.1) is 0 Å². The van der Waals surface area contributed by atoms with Crippen LogP contribution in [0, 0.1) is 6.92 Å². The molecule has 1 amide bonds. The summed E-state index contributed by atoms with van der Waals surface area (Å²) >= 11 is 0. The van der Waals surface area contributed by atoms with Crippen molar-refractivity contribution in [3.05, 3.63) is 47.8 Å². The fourth-order valence-corrected chi connectivity index (χ4v) is 1.33. The highest BCUT2D eigenvalue weighted by molar-refractivity contribution is 5.93. The van der Waals surface area contributed by atoms with Crippen LogP contribution in [0.25, 0.3) is 11.4 Å². The molecule has 4 heteroatoms. The van der Waals surface area contributed by atoms with Crippen molar-refractivity contribution in [1.82, 2.24) is 9.97 Å². The van der Waals surface area contributed by atoms with Crippen LogP contribution in [0.3, 0.4) is 0 Å². The zero-order valence-electron chi connectivity index (χ0n) is 8.84. The molecule has 2 rings (SSSR count). The van der Waals surface area contributed by atoms with Gasteiger partial charge in [0.2, 0.25) is 5.91 Å². The molecular weight excluding hydrogens is 202 g/mol. The maximum absolute atomic E-state index is 10.9. The van der Waals surface area contributed by atoms with E-state index in [0.717, 1.165) is 11.1 Å². The van der Waals surface area contributed by atoms with Crippen LogP contribution in [0.5, 0.6) is 0 Å². The molecule has 0 saturated heterocycles. The lowest BCUT2D eigenvalue weighted by atomic mass is 10.1. The first kappa shape index (κ1) is 10.3. The molecule has 0 aliphatic carbocycles. The summed E-state index contributed by atoms with van der Waals surface area (Å²) in [5.74, 6) is 0.206. The highest BCUT2D eigenvalue weighted by atomic mass is 16.1. The maximum Gasteiger partial charge on any atom is 0.248 e. The highest BCUT2D eigenvalue weighted by Gasteiger charge is 2.03. The molecule has 0 fully saturated rings. The van der Waals surface area contributed by atoms with Gasteiger partial charge in [-0.1, -0.05) is 12.1 Å². The average molecular weight is 213 g/mol. The van der Waals surface area contributed by atoms with E-state index in [1.165, 1.54) is 0 Å².